The molecular formula is C20H21NO2. The number of likely N-dealkylation sites (tertiary alicyclic amines) is 1. The van der Waals surface area contributed by atoms with Crippen LogP contribution in [0.25, 0.3) is 0 Å². The summed E-state index contributed by atoms with van der Waals surface area (Å²) in [6.07, 6.45) is 3.01. The first-order chi connectivity index (χ1) is 11.3. The van der Waals surface area contributed by atoms with Gasteiger partial charge in [0.15, 0.2) is 0 Å². The molecule has 0 bridgehead atoms. The molecule has 0 saturated carbocycles. The van der Waals surface area contributed by atoms with Gasteiger partial charge in [0, 0.05) is 18.9 Å². The van der Waals surface area contributed by atoms with Crippen molar-refractivity contribution in [1.82, 2.24) is 4.90 Å². The van der Waals surface area contributed by atoms with Crippen LogP contribution in [0.2, 0.25) is 0 Å². The number of rotatable bonds is 5. The standard InChI is InChI=1S/C20H21NO2/c22-15-18-12-7-13-21(18)20(23)14-19(16-8-3-1-4-9-16)17-10-5-2-6-11-17/h1-6,8-11,15,18-19H,7,12-14H2/t18-/m0/s1. The summed E-state index contributed by atoms with van der Waals surface area (Å²) in [5, 5.41) is 0. The van der Waals surface area contributed by atoms with Gasteiger partial charge in [-0.2, -0.15) is 0 Å². The zero-order chi connectivity index (χ0) is 16.1. The molecule has 2 aromatic rings. The summed E-state index contributed by atoms with van der Waals surface area (Å²) in [6.45, 7) is 0.693. The molecule has 3 rings (SSSR count). The molecule has 0 radical (unpaired) electrons. The Kier molecular flexibility index (Phi) is 4.86. The highest BCUT2D eigenvalue weighted by molar-refractivity contribution is 5.81. The molecule has 1 atom stereocenters. The summed E-state index contributed by atoms with van der Waals surface area (Å²) in [6, 6.07) is 20.0. The van der Waals surface area contributed by atoms with E-state index in [1.807, 2.05) is 36.4 Å². The number of amides is 1. The van der Waals surface area contributed by atoms with E-state index < -0.39 is 0 Å². The van der Waals surface area contributed by atoms with Gasteiger partial charge < -0.3 is 9.69 Å². The third kappa shape index (κ3) is 3.50. The second kappa shape index (κ2) is 7.23. The topological polar surface area (TPSA) is 37.4 Å². The van der Waals surface area contributed by atoms with Gasteiger partial charge in [0.2, 0.25) is 5.91 Å². The molecule has 1 amide bonds. The lowest BCUT2D eigenvalue weighted by Crippen LogP contribution is -2.37. The van der Waals surface area contributed by atoms with Crippen molar-refractivity contribution in [3.05, 3.63) is 71.8 Å². The molecular weight excluding hydrogens is 286 g/mol. The minimum absolute atomic E-state index is 0.0257. The van der Waals surface area contributed by atoms with Crippen molar-refractivity contribution in [2.24, 2.45) is 0 Å². The number of hydrogen-bond donors (Lipinski definition) is 0. The third-order valence-electron chi connectivity index (χ3n) is 4.56. The third-order valence-corrected chi connectivity index (χ3v) is 4.56. The number of nitrogens with zero attached hydrogens (tertiary/aromatic N) is 1. The van der Waals surface area contributed by atoms with E-state index in [1.54, 1.807) is 4.90 Å². The summed E-state index contributed by atoms with van der Waals surface area (Å²) in [7, 11) is 0. The first-order valence-electron chi connectivity index (χ1n) is 8.14. The fraction of sp³-hybridized carbons (Fsp3) is 0.300. The van der Waals surface area contributed by atoms with E-state index in [1.165, 1.54) is 0 Å². The summed E-state index contributed by atoms with van der Waals surface area (Å²) in [4.78, 5) is 25.6. The van der Waals surface area contributed by atoms with E-state index in [9.17, 15) is 9.59 Å². The Balaban J connectivity index is 1.85. The fourth-order valence-electron chi connectivity index (χ4n) is 3.33. The molecule has 1 saturated heterocycles. The van der Waals surface area contributed by atoms with Gasteiger partial charge in [-0.25, -0.2) is 0 Å². The van der Waals surface area contributed by atoms with Crippen LogP contribution in [0.5, 0.6) is 0 Å². The zero-order valence-corrected chi connectivity index (χ0v) is 13.1. The average Bonchev–Trinajstić information content (AvgIpc) is 3.10. The molecule has 1 fully saturated rings. The van der Waals surface area contributed by atoms with Gasteiger partial charge in [-0.15, -0.1) is 0 Å². The Labute approximate surface area is 136 Å². The van der Waals surface area contributed by atoms with Gasteiger partial charge >= 0.3 is 0 Å². The summed E-state index contributed by atoms with van der Waals surface area (Å²) in [5.41, 5.74) is 2.27. The lowest BCUT2D eigenvalue weighted by atomic mass is 9.88. The average molecular weight is 307 g/mol. The Hall–Kier alpha value is -2.42. The first-order valence-corrected chi connectivity index (χ1v) is 8.14. The monoisotopic (exact) mass is 307 g/mol. The van der Waals surface area contributed by atoms with Crippen LogP contribution in [0.3, 0.4) is 0 Å². The molecule has 1 aliphatic rings. The predicted molar refractivity (Wildman–Crippen MR) is 90.1 cm³/mol. The molecule has 118 valence electrons. The molecule has 0 aromatic heterocycles. The van der Waals surface area contributed by atoms with E-state index >= 15 is 0 Å². The Morgan fingerprint density at radius 2 is 1.61 bits per heavy atom. The van der Waals surface area contributed by atoms with E-state index in [-0.39, 0.29) is 17.9 Å². The van der Waals surface area contributed by atoms with Crippen molar-refractivity contribution < 1.29 is 9.59 Å². The number of carbonyl (C=O) groups excluding carboxylic acids is 2. The van der Waals surface area contributed by atoms with Gasteiger partial charge in [0.1, 0.15) is 6.29 Å². The second-order valence-electron chi connectivity index (χ2n) is 6.01. The Morgan fingerprint density at radius 1 is 1.04 bits per heavy atom. The molecule has 23 heavy (non-hydrogen) atoms. The highest BCUT2D eigenvalue weighted by Gasteiger charge is 2.30. The van der Waals surface area contributed by atoms with Gasteiger partial charge in [-0.05, 0) is 24.0 Å². The molecule has 3 nitrogen and oxygen atoms in total. The Morgan fingerprint density at radius 3 is 2.13 bits per heavy atom. The van der Waals surface area contributed by atoms with Crippen LogP contribution < -0.4 is 0 Å². The van der Waals surface area contributed by atoms with Crippen molar-refractivity contribution in [2.75, 3.05) is 6.54 Å². The normalized spacial score (nSPS) is 17.4. The molecule has 0 N–H and O–H groups in total. The van der Waals surface area contributed by atoms with Crippen molar-refractivity contribution in [1.29, 1.82) is 0 Å². The van der Waals surface area contributed by atoms with Gasteiger partial charge in [-0.3, -0.25) is 4.79 Å². The molecule has 1 heterocycles. The van der Waals surface area contributed by atoms with Crippen molar-refractivity contribution in [2.45, 2.75) is 31.2 Å². The quantitative estimate of drug-likeness (QED) is 0.794. The van der Waals surface area contributed by atoms with Gasteiger partial charge in [0.25, 0.3) is 0 Å². The molecule has 0 spiro atoms. The minimum atomic E-state index is -0.241. The highest BCUT2D eigenvalue weighted by Crippen LogP contribution is 2.29. The van der Waals surface area contributed by atoms with E-state index in [0.717, 1.165) is 30.3 Å². The lowest BCUT2D eigenvalue weighted by molar-refractivity contribution is -0.134. The van der Waals surface area contributed by atoms with Crippen LogP contribution in [0, 0.1) is 0 Å². The number of hydrogen-bond acceptors (Lipinski definition) is 2. The van der Waals surface area contributed by atoms with Crippen molar-refractivity contribution in [3.8, 4) is 0 Å². The van der Waals surface area contributed by atoms with Crippen LogP contribution in [0.15, 0.2) is 60.7 Å². The lowest BCUT2D eigenvalue weighted by Gasteiger charge is -2.24. The minimum Gasteiger partial charge on any atom is -0.333 e. The highest BCUT2D eigenvalue weighted by atomic mass is 16.2. The van der Waals surface area contributed by atoms with Crippen LogP contribution >= 0.6 is 0 Å². The Bertz CT molecular complexity index is 614. The van der Waals surface area contributed by atoms with Crippen LogP contribution in [-0.4, -0.2) is 29.7 Å². The summed E-state index contributed by atoms with van der Waals surface area (Å²) < 4.78 is 0. The van der Waals surface area contributed by atoms with Gasteiger partial charge in [-0.1, -0.05) is 60.7 Å². The van der Waals surface area contributed by atoms with Crippen molar-refractivity contribution in [3.63, 3.8) is 0 Å². The van der Waals surface area contributed by atoms with Crippen LogP contribution in [-0.2, 0) is 9.59 Å². The predicted octanol–water partition coefficient (Wildman–Crippen LogP) is 3.40. The zero-order valence-electron chi connectivity index (χ0n) is 13.1. The molecule has 0 aliphatic carbocycles. The maximum atomic E-state index is 12.7. The largest absolute Gasteiger partial charge is 0.333 e. The number of benzene rings is 2. The molecule has 0 unspecified atom stereocenters. The maximum absolute atomic E-state index is 12.7. The molecule has 3 heteroatoms. The van der Waals surface area contributed by atoms with Gasteiger partial charge in [0.05, 0.1) is 6.04 Å². The second-order valence-corrected chi connectivity index (χ2v) is 6.01. The summed E-state index contributed by atoms with van der Waals surface area (Å²) in [5.74, 6) is 0.0927. The number of carbonyl (C=O) groups is 2. The smallest absolute Gasteiger partial charge is 0.224 e. The SMILES string of the molecule is O=C[C@@H]1CCCN1C(=O)CC(c1ccccc1)c1ccccc1. The van der Waals surface area contributed by atoms with E-state index in [2.05, 4.69) is 24.3 Å². The molecule has 2 aromatic carbocycles. The van der Waals surface area contributed by atoms with Crippen LogP contribution in [0.4, 0.5) is 0 Å². The fourth-order valence-corrected chi connectivity index (χ4v) is 3.33. The van der Waals surface area contributed by atoms with Crippen molar-refractivity contribution >= 4 is 12.2 Å². The number of aldehydes is 1. The molecule has 1 aliphatic heterocycles. The summed E-state index contributed by atoms with van der Waals surface area (Å²) >= 11 is 0. The first kappa shape index (κ1) is 15.5. The van der Waals surface area contributed by atoms with Crippen LogP contribution in [0.1, 0.15) is 36.3 Å². The van der Waals surface area contributed by atoms with E-state index in [4.69, 9.17) is 0 Å². The maximum Gasteiger partial charge on any atom is 0.224 e. The van der Waals surface area contributed by atoms with E-state index in [0.29, 0.717) is 13.0 Å².